The molecular formula is C37H39BrN3O+. The molecule has 0 bridgehead atoms. The number of rotatable bonds is 7. The van der Waals surface area contributed by atoms with Crippen LogP contribution >= 0.6 is 15.9 Å². The Kier molecular flexibility index (Phi) is 7.09. The summed E-state index contributed by atoms with van der Waals surface area (Å²) >= 11 is 3.73. The Morgan fingerprint density at radius 2 is 1.71 bits per heavy atom. The van der Waals surface area contributed by atoms with Crippen LogP contribution in [0.5, 0.6) is 5.75 Å². The number of hydrogen-bond acceptors (Lipinski definition) is 2. The van der Waals surface area contributed by atoms with Gasteiger partial charge in [0, 0.05) is 29.9 Å². The standard InChI is InChI=1S/C37H39BrN3O/c1-24-9-11-27(12-10-24)21-41-23-40(33-17-25(2)26(3)18-34(33)41)16-6-15-39-22-29-19-28-13-14-30(38)20-32(28)36(29)31-7-5-8-35(42-4)37(31)39/h5,7-14,17-18,20,23,29,36H,6,15-16,19,21-22H2,1-4H3/q+1/t29-,36-/m0/s1. The van der Waals surface area contributed by atoms with Gasteiger partial charge in [-0.15, -0.1) is 0 Å². The van der Waals surface area contributed by atoms with E-state index in [4.69, 9.17) is 4.74 Å². The molecule has 5 heteroatoms. The van der Waals surface area contributed by atoms with Gasteiger partial charge in [0.1, 0.15) is 12.3 Å². The Morgan fingerprint density at radius 3 is 2.52 bits per heavy atom. The maximum Gasteiger partial charge on any atom is 0.245 e. The number of ether oxygens (including phenoxy) is 1. The number of anilines is 1. The summed E-state index contributed by atoms with van der Waals surface area (Å²) < 4.78 is 12.0. The van der Waals surface area contributed by atoms with Gasteiger partial charge in [-0.25, -0.2) is 9.13 Å². The number of aryl methyl sites for hydroxylation is 4. The van der Waals surface area contributed by atoms with Crippen LogP contribution in [0.15, 0.2) is 83.6 Å². The summed E-state index contributed by atoms with van der Waals surface area (Å²) in [5, 5.41) is 0. The highest BCUT2D eigenvalue weighted by Gasteiger charge is 2.41. The third-order valence-corrected chi connectivity index (χ3v) is 10.0. The molecule has 1 aliphatic heterocycles. The van der Waals surface area contributed by atoms with Gasteiger partial charge < -0.3 is 9.64 Å². The summed E-state index contributed by atoms with van der Waals surface area (Å²) in [5.41, 5.74) is 13.6. The van der Waals surface area contributed by atoms with Crippen molar-refractivity contribution in [3.63, 3.8) is 0 Å². The molecule has 1 aliphatic carbocycles. The van der Waals surface area contributed by atoms with Crippen molar-refractivity contribution in [1.82, 2.24) is 4.57 Å². The van der Waals surface area contributed by atoms with Gasteiger partial charge in [-0.3, -0.25) is 0 Å². The minimum Gasteiger partial charge on any atom is -0.495 e. The number of fused-ring (bicyclic) bond motifs is 6. The fourth-order valence-corrected chi connectivity index (χ4v) is 7.70. The summed E-state index contributed by atoms with van der Waals surface area (Å²) in [4.78, 5) is 2.61. The fourth-order valence-electron chi connectivity index (χ4n) is 7.32. The van der Waals surface area contributed by atoms with E-state index in [9.17, 15) is 0 Å². The van der Waals surface area contributed by atoms with Gasteiger partial charge >= 0.3 is 0 Å². The monoisotopic (exact) mass is 620 g/mol. The number of methoxy groups -OCH3 is 1. The van der Waals surface area contributed by atoms with E-state index in [1.54, 1.807) is 0 Å². The number of aromatic nitrogens is 2. The molecule has 5 aromatic rings. The second kappa shape index (κ2) is 10.9. The molecule has 42 heavy (non-hydrogen) atoms. The van der Waals surface area contributed by atoms with Crippen LogP contribution in [0.3, 0.4) is 0 Å². The van der Waals surface area contributed by atoms with Gasteiger partial charge in [-0.1, -0.05) is 64.0 Å². The van der Waals surface area contributed by atoms with Crippen molar-refractivity contribution in [3.05, 3.63) is 123 Å². The average Bonchev–Trinajstić information content (AvgIpc) is 3.51. The maximum atomic E-state index is 5.96. The molecule has 7 rings (SSSR count). The summed E-state index contributed by atoms with van der Waals surface area (Å²) in [6, 6.07) is 27.1. The van der Waals surface area contributed by atoms with Crippen molar-refractivity contribution in [1.29, 1.82) is 0 Å². The third-order valence-electron chi connectivity index (χ3n) is 9.54. The minimum atomic E-state index is 0.430. The average molecular weight is 622 g/mol. The van der Waals surface area contributed by atoms with Crippen LogP contribution in [-0.2, 0) is 19.5 Å². The molecule has 2 heterocycles. The topological polar surface area (TPSA) is 21.3 Å². The molecule has 1 aromatic heterocycles. The van der Waals surface area contributed by atoms with Crippen molar-refractivity contribution in [2.45, 2.75) is 52.6 Å². The highest BCUT2D eigenvalue weighted by Crippen LogP contribution is 2.52. The quantitative estimate of drug-likeness (QED) is 0.173. The Bertz CT molecular complexity index is 1790. The number of nitrogens with zero attached hydrogens (tertiary/aromatic N) is 3. The van der Waals surface area contributed by atoms with E-state index in [-0.39, 0.29) is 0 Å². The molecule has 0 radical (unpaired) electrons. The first-order valence-electron chi connectivity index (χ1n) is 15.1. The van der Waals surface area contributed by atoms with Crippen molar-refractivity contribution in [3.8, 4) is 5.75 Å². The zero-order valence-corrected chi connectivity index (χ0v) is 26.6. The number of benzene rings is 4. The molecule has 0 saturated heterocycles. The van der Waals surface area contributed by atoms with Gasteiger partial charge in [0.25, 0.3) is 0 Å². The molecule has 4 aromatic carbocycles. The first-order chi connectivity index (χ1) is 20.4. The predicted octanol–water partition coefficient (Wildman–Crippen LogP) is 7.89. The highest BCUT2D eigenvalue weighted by atomic mass is 79.9. The summed E-state index contributed by atoms with van der Waals surface area (Å²) in [5.74, 6) is 2.01. The predicted molar refractivity (Wildman–Crippen MR) is 175 cm³/mol. The maximum absolute atomic E-state index is 5.96. The second-order valence-corrected chi connectivity index (χ2v) is 13.2. The molecule has 2 aliphatic rings. The van der Waals surface area contributed by atoms with Crippen LogP contribution in [0, 0.1) is 26.7 Å². The molecule has 214 valence electrons. The molecule has 0 unspecified atom stereocenters. The van der Waals surface area contributed by atoms with E-state index in [0.29, 0.717) is 11.8 Å². The minimum absolute atomic E-state index is 0.430. The number of para-hydroxylation sites is 1. The molecule has 0 spiro atoms. The van der Waals surface area contributed by atoms with E-state index in [0.717, 1.165) is 49.2 Å². The van der Waals surface area contributed by atoms with Gasteiger partial charge in [-0.2, -0.15) is 0 Å². The molecule has 0 N–H and O–H groups in total. The Labute approximate surface area is 257 Å². The van der Waals surface area contributed by atoms with Crippen LogP contribution < -0.4 is 14.2 Å². The first-order valence-corrected chi connectivity index (χ1v) is 15.9. The van der Waals surface area contributed by atoms with Crippen LogP contribution in [0.25, 0.3) is 11.0 Å². The molecule has 2 atom stereocenters. The van der Waals surface area contributed by atoms with Gasteiger partial charge in [0.15, 0.2) is 11.0 Å². The summed E-state index contributed by atoms with van der Waals surface area (Å²) in [7, 11) is 1.81. The lowest BCUT2D eigenvalue weighted by molar-refractivity contribution is -0.663. The smallest absolute Gasteiger partial charge is 0.245 e. The summed E-state index contributed by atoms with van der Waals surface area (Å²) in [6.07, 6.45) is 4.53. The lowest BCUT2D eigenvalue weighted by atomic mass is 9.81. The van der Waals surface area contributed by atoms with Crippen molar-refractivity contribution in [2.24, 2.45) is 5.92 Å². The number of halogens is 1. The zero-order chi connectivity index (χ0) is 29.0. The zero-order valence-electron chi connectivity index (χ0n) is 25.0. The molecule has 4 nitrogen and oxygen atoms in total. The van der Waals surface area contributed by atoms with Crippen LogP contribution in [-0.4, -0.2) is 24.8 Å². The lowest BCUT2D eigenvalue weighted by Crippen LogP contribution is -2.38. The van der Waals surface area contributed by atoms with Crippen LogP contribution in [0.1, 0.15) is 51.3 Å². The van der Waals surface area contributed by atoms with E-state index in [2.05, 4.69) is 130 Å². The van der Waals surface area contributed by atoms with Crippen LogP contribution in [0.4, 0.5) is 5.69 Å². The lowest BCUT2D eigenvalue weighted by Gasteiger charge is -2.39. The van der Waals surface area contributed by atoms with E-state index >= 15 is 0 Å². The first kappa shape index (κ1) is 27.3. The fraction of sp³-hybridized carbons (Fsp3) is 0.324. The van der Waals surface area contributed by atoms with Crippen molar-refractivity contribution >= 4 is 32.7 Å². The Balaban J connectivity index is 1.17. The highest BCUT2D eigenvalue weighted by molar-refractivity contribution is 9.10. The van der Waals surface area contributed by atoms with E-state index in [1.807, 2.05) is 7.11 Å². The normalized spacial score (nSPS) is 17.3. The second-order valence-electron chi connectivity index (χ2n) is 12.3. The summed E-state index contributed by atoms with van der Waals surface area (Å²) in [6.45, 7) is 10.5. The van der Waals surface area contributed by atoms with E-state index < -0.39 is 0 Å². The third kappa shape index (κ3) is 4.82. The van der Waals surface area contributed by atoms with Gasteiger partial charge in [0.2, 0.25) is 6.33 Å². The molecule has 0 fully saturated rings. The van der Waals surface area contributed by atoms with Gasteiger partial charge in [-0.05, 0) is 96.8 Å². The molecular weight excluding hydrogens is 582 g/mol. The number of imidazole rings is 1. The van der Waals surface area contributed by atoms with Crippen LogP contribution in [0.2, 0.25) is 0 Å². The SMILES string of the molecule is COc1cccc2c1N(CCCn1c[n+](Cc3ccc(C)cc3)c3cc(C)c(C)cc31)C[C@@H]1Cc3ccc(Br)cc3[C@H]21. The largest absolute Gasteiger partial charge is 0.495 e. The van der Waals surface area contributed by atoms with E-state index in [1.165, 1.54) is 55.7 Å². The molecule has 0 amide bonds. The molecule has 0 saturated carbocycles. The Morgan fingerprint density at radius 1 is 0.905 bits per heavy atom. The van der Waals surface area contributed by atoms with Crippen molar-refractivity contribution < 1.29 is 9.30 Å². The van der Waals surface area contributed by atoms with Gasteiger partial charge in [0.05, 0.1) is 19.3 Å². The Hall–Kier alpha value is -3.57. The van der Waals surface area contributed by atoms with Crippen molar-refractivity contribution in [2.75, 3.05) is 25.1 Å². The number of hydrogen-bond donors (Lipinski definition) is 0.